The summed E-state index contributed by atoms with van der Waals surface area (Å²) in [7, 11) is -3.57. The maximum absolute atomic E-state index is 12.1. The second-order valence-electron chi connectivity index (χ2n) is 4.17. The summed E-state index contributed by atoms with van der Waals surface area (Å²) in [5.74, 6) is 0.179. The fourth-order valence-electron chi connectivity index (χ4n) is 1.66. The van der Waals surface area contributed by atoms with E-state index in [9.17, 15) is 8.42 Å². The molecular weight excluding hydrogens is 262 g/mol. The van der Waals surface area contributed by atoms with E-state index in [0.717, 1.165) is 11.1 Å². The number of anilines is 1. The van der Waals surface area contributed by atoms with Crippen molar-refractivity contribution in [3.8, 4) is 0 Å². The number of hydrogen-bond acceptors (Lipinski definition) is 4. The minimum atomic E-state index is -3.57. The van der Waals surface area contributed by atoms with Crippen LogP contribution in [0.25, 0.3) is 0 Å². The zero-order valence-electron chi connectivity index (χ0n) is 10.5. The van der Waals surface area contributed by atoms with Gasteiger partial charge >= 0.3 is 0 Å². The largest absolute Gasteiger partial charge is 0.384 e. The summed E-state index contributed by atoms with van der Waals surface area (Å²) in [6, 6.07) is 10.4. The Kier molecular flexibility index (Phi) is 3.82. The number of benzene rings is 1. The van der Waals surface area contributed by atoms with Gasteiger partial charge in [-0.3, -0.25) is 0 Å². The molecule has 2 aromatic rings. The molecule has 0 aliphatic carbocycles. The molecule has 0 bridgehead atoms. The minimum absolute atomic E-state index is 0.119. The smallest absolute Gasteiger partial charge is 0.241 e. The number of sulfonamides is 1. The summed E-state index contributed by atoms with van der Waals surface area (Å²) in [5.41, 5.74) is 7.46. The summed E-state index contributed by atoms with van der Waals surface area (Å²) in [5, 5.41) is 0. The molecule has 0 aliphatic heterocycles. The molecule has 0 unspecified atom stereocenters. The summed E-state index contributed by atoms with van der Waals surface area (Å²) >= 11 is 0. The molecule has 2 rings (SSSR count). The number of pyridine rings is 1. The number of nitrogens with two attached hydrogens (primary N) is 1. The van der Waals surface area contributed by atoms with Gasteiger partial charge in [-0.15, -0.1) is 0 Å². The van der Waals surface area contributed by atoms with Gasteiger partial charge in [0.2, 0.25) is 10.0 Å². The van der Waals surface area contributed by atoms with Gasteiger partial charge in [-0.1, -0.05) is 24.3 Å². The van der Waals surface area contributed by atoms with Gasteiger partial charge in [0.1, 0.15) is 5.82 Å². The Morgan fingerprint density at radius 2 is 2.00 bits per heavy atom. The predicted molar refractivity (Wildman–Crippen MR) is 73.9 cm³/mol. The fraction of sp³-hybridized carbons (Fsp3) is 0.154. The Morgan fingerprint density at radius 1 is 1.26 bits per heavy atom. The highest BCUT2D eigenvalue weighted by Crippen LogP contribution is 2.12. The SMILES string of the molecule is Cc1ccccc1CNS(=O)(=O)c1ccnc(N)c1. The monoisotopic (exact) mass is 277 g/mol. The Balaban J connectivity index is 2.17. The van der Waals surface area contributed by atoms with Crippen LogP contribution in [0.4, 0.5) is 5.82 Å². The van der Waals surface area contributed by atoms with Gasteiger partial charge in [0, 0.05) is 18.8 Å². The molecule has 0 amide bonds. The van der Waals surface area contributed by atoms with Gasteiger partial charge in [-0.05, 0) is 24.1 Å². The summed E-state index contributed by atoms with van der Waals surface area (Å²) in [4.78, 5) is 3.89. The van der Waals surface area contributed by atoms with Crippen molar-refractivity contribution >= 4 is 15.8 Å². The first kappa shape index (κ1) is 13.5. The van der Waals surface area contributed by atoms with Gasteiger partial charge in [0.05, 0.1) is 4.90 Å². The van der Waals surface area contributed by atoms with Crippen LogP contribution < -0.4 is 10.5 Å². The minimum Gasteiger partial charge on any atom is -0.384 e. The van der Waals surface area contributed by atoms with Gasteiger partial charge in [-0.2, -0.15) is 0 Å². The highest BCUT2D eigenvalue weighted by Gasteiger charge is 2.14. The fourth-order valence-corrected chi connectivity index (χ4v) is 2.69. The third-order valence-electron chi connectivity index (χ3n) is 2.78. The van der Waals surface area contributed by atoms with Crippen LogP contribution in [0, 0.1) is 6.92 Å². The average molecular weight is 277 g/mol. The molecule has 0 radical (unpaired) electrons. The van der Waals surface area contributed by atoms with Crippen molar-refractivity contribution in [2.24, 2.45) is 0 Å². The number of aromatic nitrogens is 1. The van der Waals surface area contributed by atoms with E-state index in [1.54, 1.807) is 0 Å². The van der Waals surface area contributed by atoms with E-state index in [2.05, 4.69) is 9.71 Å². The molecule has 0 aliphatic rings. The van der Waals surface area contributed by atoms with E-state index in [1.165, 1.54) is 18.3 Å². The molecule has 5 nitrogen and oxygen atoms in total. The lowest BCUT2D eigenvalue weighted by Gasteiger charge is -2.09. The van der Waals surface area contributed by atoms with Crippen LogP contribution in [0.2, 0.25) is 0 Å². The molecule has 1 heterocycles. The molecule has 0 spiro atoms. The van der Waals surface area contributed by atoms with Crippen molar-refractivity contribution in [2.45, 2.75) is 18.4 Å². The first-order valence-electron chi connectivity index (χ1n) is 5.75. The van der Waals surface area contributed by atoms with Crippen LogP contribution in [0.3, 0.4) is 0 Å². The van der Waals surface area contributed by atoms with Crippen molar-refractivity contribution in [3.63, 3.8) is 0 Å². The lowest BCUT2D eigenvalue weighted by molar-refractivity contribution is 0.581. The topological polar surface area (TPSA) is 85.1 Å². The normalized spacial score (nSPS) is 11.4. The third kappa shape index (κ3) is 3.30. The van der Waals surface area contributed by atoms with Crippen LogP contribution in [0.5, 0.6) is 0 Å². The van der Waals surface area contributed by atoms with E-state index >= 15 is 0 Å². The number of nitrogens with zero attached hydrogens (tertiary/aromatic N) is 1. The van der Waals surface area contributed by atoms with Gasteiger partial charge in [0.15, 0.2) is 0 Å². The molecule has 0 fully saturated rings. The Morgan fingerprint density at radius 3 is 2.68 bits per heavy atom. The molecule has 1 aromatic carbocycles. The second-order valence-corrected chi connectivity index (χ2v) is 5.93. The molecule has 100 valence electrons. The second kappa shape index (κ2) is 5.38. The van der Waals surface area contributed by atoms with Crippen LogP contribution in [-0.4, -0.2) is 13.4 Å². The van der Waals surface area contributed by atoms with Crippen molar-refractivity contribution in [1.82, 2.24) is 9.71 Å². The van der Waals surface area contributed by atoms with Crippen LogP contribution in [-0.2, 0) is 16.6 Å². The quantitative estimate of drug-likeness (QED) is 0.885. The lowest BCUT2D eigenvalue weighted by atomic mass is 10.1. The van der Waals surface area contributed by atoms with Gasteiger partial charge in [-0.25, -0.2) is 18.1 Å². The van der Waals surface area contributed by atoms with Crippen molar-refractivity contribution in [1.29, 1.82) is 0 Å². The number of hydrogen-bond donors (Lipinski definition) is 2. The highest BCUT2D eigenvalue weighted by atomic mass is 32.2. The number of aryl methyl sites for hydroxylation is 1. The average Bonchev–Trinajstić information content (AvgIpc) is 2.38. The molecule has 0 saturated carbocycles. The van der Waals surface area contributed by atoms with Crippen molar-refractivity contribution in [2.75, 3.05) is 5.73 Å². The van der Waals surface area contributed by atoms with E-state index in [-0.39, 0.29) is 17.3 Å². The van der Waals surface area contributed by atoms with E-state index < -0.39 is 10.0 Å². The maximum Gasteiger partial charge on any atom is 0.241 e. The number of rotatable bonds is 4. The molecule has 1 aromatic heterocycles. The first-order valence-corrected chi connectivity index (χ1v) is 7.23. The Hall–Kier alpha value is -1.92. The third-order valence-corrected chi connectivity index (χ3v) is 4.18. The van der Waals surface area contributed by atoms with E-state index in [4.69, 9.17) is 5.73 Å². The molecule has 3 N–H and O–H groups in total. The summed E-state index contributed by atoms with van der Waals surface area (Å²) < 4.78 is 26.7. The van der Waals surface area contributed by atoms with Crippen LogP contribution in [0.15, 0.2) is 47.5 Å². The lowest BCUT2D eigenvalue weighted by Crippen LogP contribution is -2.23. The summed E-state index contributed by atoms with van der Waals surface area (Å²) in [6.07, 6.45) is 1.37. The zero-order valence-corrected chi connectivity index (χ0v) is 11.3. The molecule has 0 atom stereocenters. The summed E-state index contributed by atoms with van der Waals surface area (Å²) in [6.45, 7) is 2.19. The van der Waals surface area contributed by atoms with Crippen molar-refractivity contribution in [3.05, 3.63) is 53.7 Å². The first-order chi connectivity index (χ1) is 8.99. The van der Waals surface area contributed by atoms with Crippen molar-refractivity contribution < 1.29 is 8.42 Å². The number of nitrogen functional groups attached to an aromatic ring is 1. The predicted octanol–water partition coefficient (Wildman–Crippen LogP) is 1.45. The maximum atomic E-state index is 12.1. The number of nitrogens with one attached hydrogen (secondary N) is 1. The molecular formula is C13H15N3O2S. The zero-order chi connectivity index (χ0) is 13.9. The van der Waals surface area contributed by atoms with Crippen LogP contribution >= 0.6 is 0 Å². The van der Waals surface area contributed by atoms with E-state index in [1.807, 2.05) is 31.2 Å². The van der Waals surface area contributed by atoms with E-state index in [0.29, 0.717) is 0 Å². The van der Waals surface area contributed by atoms with Gasteiger partial charge in [0.25, 0.3) is 0 Å². The molecule has 6 heteroatoms. The van der Waals surface area contributed by atoms with Crippen LogP contribution in [0.1, 0.15) is 11.1 Å². The standard InChI is InChI=1S/C13H15N3O2S/c1-10-4-2-3-5-11(10)9-16-19(17,18)12-6-7-15-13(14)8-12/h2-8,16H,9H2,1H3,(H2,14,15). The molecule has 0 saturated heterocycles. The highest BCUT2D eigenvalue weighted by molar-refractivity contribution is 7.89. The van der Waals surface area contributed by atoms with Gasteiger partial charge < -0.3 is 5.73 Å². The molecule has 19 heavy (non-hydrogen) atoms. The Bertz CT molecular complexity index is 684. The Labute approximate surface area is 112 Å².